The molecule has 0 aliphatic carbocycles. The SMILES string of the molecule is CC1(C)CNN(c2ccccc2)[N+]1=O. The van der Waals surface area contributed by atoms with E-state index in [1.807, 2.05) is 44.2 Å². The van der Waals surface area contributed by atoms with Gasteiger partial charge < -0.3 is 0 Å². The summed E-state index contributed by atoms with van der Waals surface area (Å²) in [7, 11) is 0. The molecule has 1 N–H and O–H groups in total. The number of hydrogen-bond donors (Lipinski definition) is 1. The Morgan fingerprint density at radius 1 is 1.36 bits per heavy atom. The van der Waals surface area contributed by atoms with Crippen molar-refractivity contribution in [3.8, 4) is 0 Å². The molecule has 1 aliphatic heterocycles. The Kier molecular flexibility index (Phi) is 2.00. The normalized spacial score (nSPS) is 20.1. The summed E-state index contributed by atoms with van der Waals surface area (Å²) in [4.78, 5) is 12.8. The van der Waals surface area contributed by atoms with Crippen molar-refractivity contribution in [2.24, 2.45) is 0 Å². The molecule has 1 aliphatic rings. The maximum absolute atomic E-state index is 11.8. The molecule has 14 heavy (non-hydrogen) atoms. The van der Waals surface area contributed by atoms with Crippen LogP contribution in [0.4, 0.5) is 5.69 Å². The van der Waals surface area contributed by atoms with Crippen LogP contribution in [0.15, 0.2) is 30.3 Å². The zero-order valence-corrected chi connectivity index (χ0v) is 8.40. The minimum Gasteiger partial charge on any atom is -0.168 e. The van der Waals surface area contributed by atoms with Gasteiger partial charge in [0.2, 0.25) is 0 Å². The number of anilines is 1. The molecule has 74 valence electrons. The third-order valence-electron chi connectivity index (χ3n) is 2.36. The number of benzene rings is 1. The van der Waals surface area contributed by atoms with Crippen molar-refractivity contribution in [3.05, 3.63) is 35.2 Å². The monoisotopic (exact) mass is 192 g/mol. The first-order valence-electron chi connectivity index (χ1n) is 4.67. The molecule has 0 bridgehead atoms. The number of nitrogens with zero attached hydrogens (tertiary/aromatic N) is 2. The summed E-state index contributed by atoms with van der Waals surface area (Å²) in [6.07, 6.45) is 0. The van der Waals surface area contributed by atoms with Gasteiger partial charge in [-0.2, -0.15) is 5.43 Å². The van der Waals surface area contributed by atoms with E-state index in [0.717, 1.165) is 10.6 Å². The van der Waals surface area contributed by atoms with E-state index in [4.69, 9.17) is 0 Å². The number of rotatable bonds is 1. The van der Waals surface area contributed by atoms with Gasteiger partial charge in [-0.05, 0) is 17.3 Å². The molecular formula is C10H14N3O+. The van der Waals surface area contributed by atoms with Crippen molar-refractivity contribution in [2.75, 3.05) is 11.7 Å². The van der Waals surface area contributed by atoms with Crippen molar-refractivity contribution >= 4 is 5.69 Å². The maximum atomic E-state index is 11.8. The molecule has 0 atom stereocenters. The second-order valence-electron chi connectivity index (χ2n) is 4.07. The van der Waals surface area contributed by atoms with E-state index in [1.54, 1.807) is 5.12 Å². The lowest BCUT2D eigenvalue weighted by atomic mass is 10.1. The maximum Gasteiger partial charge on any atom is 0.254 e. The van der Waals surface area contributed by atoms with E-state index < -0.39 is 0 Å². The van der Waals surface area contributed by atoms with Crippen LogP contribution in [0, 0.1) is 4.91 Å². The number of hydrogen-bond acceptors (Lipinski definition) is 2. The first-order valence-corrected chi connectivity index (χ1v) is 4.67. The number of hydrazine groups is 2. The number of para-hydroxylation sites is 1. The van der Waals surface area contributed by atoms with Gasteiger partial charge >= 0.3 is 0 Å². The first-order chi connectivity index (χ1) is 6.61. The van der Waals surface area contributed by atoms with Crippen LogP contribution in [0.2, 0.25) is 0 Å². The highest BCUT2D eigenvalue weighted by Gasteiger charge is 2.48. The van der Waals surface area contributed by atoms with Gasteiger partial charge in [-0.15, -0.1) is 0 Å². The van der Waals surface area contributed by atoms with Crippen molar-refractivity contribution in [1.82, 2.24) is 5.43 Å². The molecule has 2 rings (SSSR count). The Hall–Kier alpha value is -1.42. The van der Waals surface area contributed by atoms with E-state index in [9.17, 15) is 4.91 Å². The molecule has 0 unspecified atom stereocenters. The van der Waals surface area contributed by atoms with E-state index in [-0.39, 0.29) is 5.54 Å². The molecule has 4 nitrogen and oxygen atoms in total. The summed E-state index contributed by atoms with van der Waals surface area (Å²) in [6, 6.07) is 9.56. The molecule has 0 amide bonds. The van der Waals surface area contributed by atoms with Gasteiger partial charge in [0.25, 0.3) is 5.54 Å². The predicted octanol–water partition coefficient (Wildman–Crippen LogP) is 1.48. The van der Waals surface area contributed by atoms with Crippen LogP contribution in [0.5, 0.6) is 0 Å². The van der Waals surface area contributed by atoms with E-state index in [2.05, 4.69) is 5.43 Å². The van der Waals surface area contributed by atoms with Crippen molar-refractivity contribution in [1.29, 1.82) is 0 Å². The Morgan fingerprint density at radius 2 is 2.00 bits per heavy atom. The lowest BCUT2D eigenvalue weighted by molar-refractivity contribution is -0.610. The number of nitrogens with one attached hydrogen (secondary N) is 1. The van der Waals surface area contributed by atoms with Crippen molar-refractivity contribution in [3.63, 3.8) is 0 Å². The molecule has 0 aromatic heterocycles. The molecular weight excluding hydrogens is 178 g/mol. The van der Waals surface area contributed by atoms with Gasteiger partial charge in [0, 0.05) is 13.8 Å². The summed E-state index contributed by atoms with van der Waals surface area (Å²) < 4.78 is 0. The fraction of sp³-hybridized carbons (Fsp3) is 0.400. The molecule has 1 fully saturated rings. The largest absolute Gasteiger partial charge is 0.254 e. The van der Waals surface area contributed by atoms with Gasteiger partial charge in [-0.1, -0.05) is 18.2 Å². The quantitative estimate of drug-likeness (QED) is 0.684. The zero-order chi connectivity index (χ0) is 10.2. The zero-order valence-electron chi connectivity index (χ0n) is 8.40. The molecule has 1 aromatic carbocycles. The fourth-order valence-electron chi connectivity index (χ4n) is 1.44. The van der Waals surface area contributed by atoms with Gasteiger partial charge in [0.1, 0.15) is 10.6 Å². The lowest BCUT2D eigenvalue weighted by Gasteiger charge is -2.08. The Labute approximate surface area is 83.0 Å². The molecule has 1 heterocycles. The predicted molar refractivity (Wildman–Crippen MR) is 54.6 cm³/mol. The Balaban J connectivity index is 2.27. The fourth-order valence-corrected chi connectivity index (χ4v) is 1.44. The van der Waals surface area contributed by atoms with E-state index in [1.165, 1.54) is 0 Å². The van der Waals surface area contributed by atoms with Crippen LogP contribution in [0.3, 0.4) is 0 Å². The standard InChI is InChI=1S/C10H14N3O/c1-10(2)8-11-12(13(10)14)9-6-4-3-5-7-9/h3-7,11H,8H2,1-2H3/q+1. The average molecular weight is 192 g/mol. The summed E-state index contributed by atoms with van der Waals surface area (Å²) in [5, 5.41) is 1.54. The molecule has 1 aromatic rings. The Bertz CT molecular complexity index is 348. The van der Waals surface area contributed by atoms with Gasteiger partial charge in [0.15, 0.2) is 0 Å². The van der Waals surface area contributed by atoms with Gasteiger partial charge in [-0.3, -0.25) is 0 Å². The molecule has 0 spiro atoms. The van der Waals surface area contributed by atoms with Crippen molar-refractivity contribution < 1.29 is 4.87 Å². The smallest absolute Gasteiger partial charge is 0.168 e. The van der Waals surface area contributed by atoms with Crippen LogP contribution in [-0.2, 0) is 0 Å². The summed E-state index contributed by atoms with van der Waals surface area (Å²) >= 11 is 0. The number of nitroso groups, excluding NO2 is 1. The third-order valence-corrected chi connectivity index (χ3v) is 2.36. The molecule has 4 heteroatoms. The van der Waals surface area contributed by atoms with Gasteiger partial charge in [-0.25, -0.2) is 0 Å². The van der Waals surface area contributed by atoms with E-state index in [0.29, 0.717) is 6.54 Å². The average Bonchev–Trinajstić information content (AvgIpc) is 2.44. The topological polar surface area (TPSA) is 35.4 Å². The van der Waals surface area contributed by atoms with Crippen LogP contribution >= 0.6 is 0 Å². The second-order valence-corrected chi connectivity index (χ2v) is 4.07. The first kappa shape index (κ1) is 9.15. The molecule has 0 saturated carbocycles. The van der Waals surface area contributed by atoms with Crippen LogP contribution in [0.25, 0.3) is 0 Å². The van der Waals surface area contributed by atoms with Crippen LogP contribution < -0.4 is 10.5 Å². The second kappa shape index (κ2) is 3.06. The van der Waals surface area contributed by atoms with Gasteiger partial charge in [0.05, 0.1) is 11.5 Å². The minimum absolute atomic E-state index is 0.379. The minimum atomic E-state index is -0.379. The summed E-state index contributed by atoms with van der Waals surface area (Å²) in [5.74, 6) is 0. The highest BCUT2D eigenvalue weighted by Crippen LogP contribution is 2.21. The Morgan fingerprint density at radius 3 is 2.50 bits per heavy atom. The summed E-state index contributed by atoms with van der Waals surface area (Å²) in [5.41, 5.74) is 3.55. The lowest BCUT2D eigenvalue weighted by Crippen LogP contribution is -2.38. The van der Waals surface area contributed by atoms with Crippen LogP contribution in [-0.4, -0.2) is 17.0 Å². The highest BCUT2D eigenvalue weighted by molar-refractivity contribution is 5.42. The third kappa shape index (κ3) is 1.37. The molecule has 0 radical (unpaired) electrons. The van der Waals surface area contributed by atoms with E-state index >= 15 is 0 Å². The molecule has 1 saturated heterocycles. The van der Waals surface area contributed by atoms with Crippen LogP contribution in [0.1, 0.15) is 13.8 Å². The highest BCUT2D eigenvalue weighted by atomic mass is 16.4. The summed E-state index contributed by atoms with van der Waals surface area (Å²) in [6.45, 7) is 4.48. The van der Waals surface area contributed by atoms with Crippen molar-refractivity contribution in [2.45, 2.75) is 19.4 Å².